The molecule has 7 nitrogen and oxygen atoms in total. The molecule has 1 atom stereocenters. The zero-order chi connectivity index (χ0) is 24.1. The van der Waals surface area contributed by atoms with Gasteiger partial charge in [-0.15, -0.1) is 0 Å². The summed E-state index contributed by atoms with van der Waals surface area (Å²) in [5, 5.41) is 21.4. The van der Waals surface area contributed by atoms with Crippen LogP contribution in [0.4, 0.5) is 0 Å². The molecular formula is C25H29BrN2O5. The summed E-state index contributed by atoms with van der Waals surface area (Å²) in [4.78, 5) is 29.9. The average Bonchev–Trinajstić information content (AvgIpc) is 3.08. The molecule has 1 unspecified atom stereocenters. The van der Waals surface area contributed by atoms with Crippen molar-refractivity contribution in [2.75, 3.05) is 33.3 Å². The van der Waals surface area contributed by atoms with E-state index in [-0.39, 0.29) is 16.9 Å². The molecule has 1 fully saturated rings. The molecule has 176 valence electrons. The number of hydrogen-bond donors (Lipinski definition) is 2. The van der Waals surface area contributed by atoms with E-state index in [0.29, 0.717) is 28.8 Å². The van der Waals surface area contributed by atoms with E-state index in [1.54, 1.807) is 37.4 Å². The van der Waals surface area contributed by atoms with E-state index in [1.807, 2.05) is 0 Å². The van der Waals surface area contributed by atoms with Gasteiger partial charge >= 0.3 is 0 Å². The second-order valence-corrected chi connectivity index (χ2v) is 8.72. The fourth-order valence-corrected chi connectivity index (χ4v) is 4.45. The van der Waals surface area contributed by atoms with Crippen molar-refractivity contribution >= 4 is 33.4 Å². The number of carbonyl (C=O) groups excluding carboxylic acids is 2. The van der Waals surface area contributed by atoms with Crippen LogP contribution in [-0.4, -0.2) is 65.0 Å². The fraction of sp³-hybridized carbons (Fsp3) is 0.360. The molecule has 1 aliphatic rings. The first-order valence-electron chi connectivity index (χ1n) is 11.0. The van der Waals surface area contributed by atoms with Gasteiger partial charge < -0.3 is 24.7 Å². The first kappa shape index (κ1) is 24.8. The molecule has 8 heteroatoms. The molecular weight excluding hydrogens is 488 g/mol. The standard InChI is InChI=1S/C25H29BrN2O5/c1-4-27(5-2)13-6-14-28-22(16-7-10-18(33-3)11-8-16)21(24(31)25(28)32)23(30)19-15-17(26)9-12-20(19)29/h7-12,15,22,29-30H,4-6,13-14H2,1-3H3. The van der Waals surface area contributed by atoms with Crippen molar-refractivity contribution in [1.82, 2.24) is 9.80 Å². The van der Waals surface area contributed by atoms with Gasteiger partial charge in [-0.25, -0.2) is 0 Å². The van der Waals surface area contributed by atoms with Gasteiger partial charge in [0.2, 0.25) is 0 Å². The van der Waals surface area contributed by atoms with Gasteiger partial charge in [0.1, 0.15) is 17.3 Å². The van der Waals surface area contributed by atoms with Crippen LogP contribution in [0.25, 0.3) is 5.76 Å². The molecule has 2 aromatic carbocycles. The number of benzene rings is 2. The number of amides is 1. The van der Waals surface area contributed by atoms with Crippen molar-refractivity contribution < 1.29 is 24.5 Å². The van der Waals surface area contributed by atoms with Crippen LogP contribution in [0, 0.1) is 0 Å². The molecule has 2 aromatic rings. The smallest absolute Gasteiger partial charge is 0.295 e. The van der Waals surface area contributed by atoms with Gasteiger partial charge in [0.15, 0.2) is 0 Å². The van der Waals surface area contributed by atoms with Crippen molar-refractivity contribution in [2.45, 2.75) is 26.3 Å². The van der Waals surface area contributed by atoms with Crippen LogP contribution < -0.4 is 4.74 Å². The number of aliphatic hydroxyl groups is 1. The summed E-state index contributed by atoms with van der Waals surface area (Å²) >= 11 is 3.32. The summed E-state index contributed by atoms with van der Waals surface area (Å²) in [7, 11) is 1.56. The number of ether oxygens (including phenoxy) is 1. The van der Waals surface area contributed by atoms with Crippen LogP contribution in [-0.2, 0) is 9.59 Å². The lowest BCUT2D eigenvalue weighted by molar-refractivity contribution is -0.140. The van der Waals surface area contributed by atoms with E-state index in [4.69, 9.17) is 4.74 Å². The normalized spacial score (nSPS) is 17.7. The number of Topliss-reactive ketones (excluding diaryl/α,β-unsaturated/α-hetero) is 1. The second kappa shape index (κ2) is 10.9. The molecule has 0 spiro atoms. The number of phenols is 1. The molecule has 1 heterocycles. The third kappa shape index (κ3) is 5.23. The van der Waals surface area contributed by atoms with E-state index in [2.05, 4.69) is 34.7 Å². The van der Waals surface area contributed by atoms with Crippen LogP contribution >= 0.6 is 15.9 Å². The van der Waals surface area contributed by atoms with E-state index >= 15 is 0 Å². The molecule has 0 bridgehead atoms. The minimum absolute atomic E-state index is 0.0404. The maximum atomic E-state index is 13.1. The Labute approximate surface area is 202 Å². The summed E-state index contributed by atoms with van der Waals surface area (Å²) in [6, 6.07) is 10.8. The number of nitrogens with zero attached hydrogens (tertiary/aromatic N) is 2. The monoisotopic (exact) mass is 516 g/mol. The molecule has 2 N–H and O–H groups in total. The number of aromatic hydroxyl groups is 1. The largest absolute Gasteiger partial charge is 0.507 e. The highest BCUT2D eigenvalue weighted by molar-refractivity contribution is 9.10. The van der Waals surface area contributed by atoms with Gasteiger partial charge in [0.05, 0.1) is 24.3 Å². The number of phenolic OH excluding ortho intramolecular Hbond substituents is 1. The van der Waals surface area contributed by atoms with Crippen molar-refractivity contribution in [2.24, 2.45) is 0 Å². The number of carbonyl (C=O) groups is 2. The third-order valence-electron chi connectivity index (χ3n) is 5.95. The highest BCUT2D eigenvalue weighted by atomic mass is 79.9. The van der Waals surface area contributed by atoms with E-state index in [1.165, 1.54) is 17.0 Å². The number of rotatable bonds is 9. The number of likely N-dealkylation sites (tertiary alicyclic amines) is 1. The Bertz CT molecular complexity index is 1050. The number of ketones is 1. The Morgan fingerprint density at radius 1 is 1.12 bits per heavy atom. The third-order valence-corrected chi connectivity index (χ3v) is 6.45. The minimum Gasteiger partial charge on any atom is -0.507 e. The zero-order valence-electron chi connectivity index (χ0n) is 19.0. The average molecular weight is 517 g/mol. The molecule has 1 aliphatic heterocycles. The van der Waals surface area contributed by atoms with Crippen LogP contribution in [0.5, 0.6) is 11.5 Å². The van der Waals surface area contributed by atoms with Crippen LogP contribution in [0.2, 0.25) is 0 Å². The Morgan fingerprint density at radius 3 is 2.39 bits per heavy atom. The number of aliphatic hydroxyl groups excluding tert-OH is 1. The zero-order valence-corrected chi connectivity index (χ0v) is 20.6. The molecule has 0 aliphatic carbocycles. The lowest BCUT2D eigenvalue weighted by atomic mass is 9.95. The van der Waals surface area contributed by atoms with Crippen LogP contribution in [0.15, 0.2) is 52.5 Å². The van der Waals surface area contributed by atoms with Gasteiger partial charge in [-0.3, -0.25) is 9.59 Å². The summed E-state index contributed by atoms with van der Waals surface area (Å²) in [5.41, 5.74) is 0.722. The van der Waals surface area contributed by atoms with Crippen LogP contribution in [0.1, 0.15) is 37.4 Å². The van der Waals surface area contributed by atoms with E-state index < -0.39 is 23.5 Å². The Kier molecular flexibility index (Phi) is 8.15. The predicted octanol–water partition coefficient (Wildman–Crippen LogP) is 4.32. The maximum Gasteiger partial charge on any atom is 0.295 e. The van der Waals surface area contributed by atoms with Gasteiger partial charge in [-0.2, -0.15) is 0 Å². The molecule has 0 saturated carbocycles. The predicted molar refractivity (Wildman–Crippen MR) is 130 cm³/mol. The first-order chi connectivity index (χ1) is 15.8. The Hall–Kier alpha value is -2.84. The van der Waals surface area contributed by atoms with Crippen molar-refractivity contribution in [3.63, 3.8) is 0 Å². The molecule has 0 radical (unpaired) electrons. The van der Waals surface area contributed by atoms with Gasteiger partial charge in [-0.05, 0) is 62.0 Å². The second-order valence-electron chi connectivity index (χ2n) is 7.81. The summed E-state index contributed by atoms with van der Waals surface area (Å²) in [5.74, 6) is -1.38. The van der Waals surface area contributed by atoms with Crippen molar-refractivity contribution in [3.05, 3.63) is 63.6 Å². The first-order valence-corrected chi connectivity index (χ1v) is 11.7. The van der Waals surface area contributed by atoms with Crippen LogP contribution in [0.3, 0.4) is 0 Å². The van der Waals surface area contributed by atoms with Gasteiger partial charge in [0, 0.05) is 11.0 Å². The number of methoxy groups -OCH3 is 1. The lowest BCUT2D eigenvalue weighted by Gasteiger charge is -2.27. The van der Waals surface area contributed by atoms with Crippen molar-refractivity contribution in [1.29, 1.82) is 0 Å². The van der Waals surface area contributed by atoms with E-state index in [9.17, 15) is 19.8 Å². The molecule has 1 amide bonds. The quantitative estimate of drug-likeness (QED) is 0.293. The molecule has 3 rings (SSSR count). The lowest BCUT2D eigenvalue weighted by Crippen LogP contribution is -2.33. The Morgan fingerprint density at radius 2 is 1.79 bits per heavy atom. The molecule has 0 aromatic heterocycles. The molecule has 33 heavy (non-hydrogen) atoms. The van der Waals surface area contributed by atoms with Gasteiger partial charge in [-0.1, -0.05) is 41.9 Å². The summed E-state index contributed by atoms with van der Waals surface area (Å²) in [6.45, 7) is 7.12. The highest BCUT2D eigenvalue weighted by Gasteiger charge is 2.46. The number of halogens is 1. The minimum atomic E-state index is -0.772. The SMILES string of the molecule is CCN(CC)CCCN1C(=O)C(=O)C(=C(O)c2cc(Br)ccc2O)C1c1ccc(OC)cc1. The maximum absolute atomic E-state index is 13.1. The molecule has 1 saturated heterocycles. The topological polar surface area (TPSA) is 90.3 Å². The summed E-state index contributed by atoms with van der Waals surface area (Å²) < 4.78 is 5.86. The Balaban J connectivity index is 2.07. The summed E-state index contributed by atoms with van der Waals surface area (Å²) in [6.07, 6.45) is 0.684. The van der Waals surface area contributed by atoms with Crippen molar-refractivity contribution in [3.8, 4) is 11.5 Å². The van der Waals surface area contributed by atoms with Gasteiger partial charge in [0.25, 0.3) is 11.7 Å². The fourth-order valence-electron chi connectivity index (χ4n) is 4.09. The van der Waals surface area contributed by atoms with E-state index in [0.717, 1.165) is 19.6 Å². The number of hydrogen-bond acceptors (Lipinski definition) is 6. The highest BCUT2D eigenvalue weighted by Crippen LogP contribution is 2.41.